The van der Waals surface area contributed by atoms with E-state index >= 15 is 0 Å². The van der Waals surface area contributed by atoms with Crippen molar-refractivity contribution in [3.8, 4) is 0 Å². The second-order valence-electron chi connectivity index (χ2n) is 4.77. The number of nitrogens with zero attached hydrogens (tertiary/aromatic N) is 1. The van der Waals surface area contributed by atoms with Crippen LogP contribution in [0.4, 0.5) is 0 Å². The minimum absolute atomic E-state index is 0.0176. The standard InChI is InChI=1S/C12H21N3O2S/c1-2-13-11(16)9-3-5-15(6-4-9)12(17)10-7-18-8-14-10/h9-10,14H,2-8H2,1H3,(H,13,16). The Kier molecular flexibility index (Phi) is 4.88. The summed E-state index contributed by atoms with van der Waals surface area (Å²) < 4.78 is 0. The topological polar surface area (TPSA) is 61.4 Å². The van der Waals surface area contributed by atoms with E-state index in [2.05, 4.69) is 10.6 Å². The summed E-state index contributed by atoms with van der Waals surface area (Å²) in [5, 5.41) is 6.06. The molecule has 2 aliphatic heterocycles. The number of nitrogens with one attached hydrogen (secondary N) is 2. The van der Waals surface area contributed by atoms with Gasteiger partial charge in [0.2, 0.25) is 11.8 Å². The SMILES string of the molecule is CCNC(=O)C1CCN(C(=O)C2CSCN2)CC1. The molecule has 1 unspecified atom stereocenters. The number of amides is 2. The highest BCUT2D eigenvalue weighted by atomic mass is 32.2. The average Bonchev–Trinajstić information content (AvgIpc) is 2.92. The molecule has 0 aromatic heterocycles. The summed E-state index contributed by atoms with van der Waals surface area (Å²) in [4.78, 5) is 25.8. The van der Waals surface area contributed by atoms with Gasteiger partial charge in [-0.25, -0.2) is 0 Å². The molecule has 2 saturated heterocycles. The van der Waals surface area contributed by atoms with E-state index in [9.17, 15) is 9.59 Å². The molecule has 5 nitrogen and oxygen atoms in total. The smallest absolute Gasteiger partial charge is 0.240 e. The highest BCUT2D eigenvalue weighted by Gasteiger charge is 2.31. The number of thioether (sulfide) groups is 1. The summed E-state index contributed by atoms with van der Waals surface area (Å²) in [6.45, 7) is 4.04. The van der Waals surface area contributed by atoms with E-state index in [4.69, 9.17) is 0 Å². The lowest BCUT2D eigenvalue weighted by molar-refractivity contribution is -0.136. The molecule has 2 fully saturated rings. The molecule has 6 heteroatoms. The highest BCUT2D eigenvalue weighted by molar-refractivity contribution is 7.99. The van der Waals surface area contributed by atoms with Crippen molar-refractivity contribution >= 4 is 23.6 Å². The summed E-state index contributed by atoms with van der Waals surface area (Å²) in [6, 6.07) is -0.0176. The van der Waals surface area contributed by atoms with Crippen molar-refractivity contribution in [2.45, 2.75) is 25.8 Å². The van der Waals surface area contributed by atoms with Crippen molar-refractivity contribution in [1.82, 2.24) is 15.5 Å². The number of hydrogen-bond acceptors (Lipinski definition) is 4. The van der Waals surface area contributed by atoms with E-state index in [1.165, 1.54) is 0 Å². The van der Waals surface area contributed by atoms with Crippen LogP contribution in [-0.2, 0) is 9.59 Å². The molecule has 2 rings (SSSR count). The summed E-state index contributed by atoms with van der Waals surface area (Å²) in [5.74, 6) is 2.16. The van der Waals surface area contributed by atoms with Gasteiger partial charge in [-0.2, -0.15) is 0 Å². The molecular weight excluding hydrogens is 250 g/mol. The van der Waals surface area contributed by atoms with Crippen molar-refractivity contribution in [3.63, 3.8) is 0 Å². The predicted molar refractivity (Wildman–Crippen MR) is 72.2 cm³/mol. The fourth-order valence-electron chi connectivity index (χ4n) is 2.45. The zero-order valence-corrected chi connectivity index (χ0v) is 11.6. The molecule has 2 amide bonds. The van der Waals surface area contributed by atoms with Crippen molar-refractivity contribution in [3.05, 3.63) is 0 Å². The average molecular weight is 271 g/mol. The van der Waals surface area contributed by atoms with Gasteiger partial charge in [0.1, 0.15) is 0 Å². The van der Waals surface area contributed by atoms with Crippen LogP contribution < -0.4 is 10.6 Å². The third-order valence-corrected chi connectivity index (χ3v) is 4.48. The van der Waals surface area contributed by atoms with E-state index in [0.29, 0.717) is 19.6 Å². The second kappa shape index (κ2) is 6.43. The lowest BCUT2D eigenvalue weighted by atomic mass is 9.95. The Labute approximate surface area is 112 Å². The van der Waals surface area contributed by atoms with Crippen LogP contribution in [-0.4, -0.2) is 54.0 Å². The third-order valence-electron chi connectivity index (χ3n) is 3.54. The molecule has 0 aromatic rings. The van der Waals surface area contributed by atoms with E-state index in [0.717, 1.165) is 24.5 Å². The molecule has 0 radical (unpaired) electrons. The molecule has 0 aromatic carbocycles. The molecule has 18 heavy (non-hydrogen) atoms. The van der Waals surface area contributed by atoms with Crippen molar-refractivity contribution in [2.75, 3.05) is 31.3 Å². The Hall–Kier alpha value is -0.750. The van der Waals surface area contributed by atoms with Crippen molar-refractivity contribution in [2.24, 2.45) is 5.92 Å². The Morgan fingerprint density at radius 2 is 2.11 bits per heavy atom. The zero-order valence-electron chi connectivity index (χ0n) is 10.8. The van der Waals surface area contributed by atoms with E-state index in [1.54, 1.807) is 11.8 Å². The first-order chi connectivity index (χ1) is 8.72. The van der Waals surface area contributed by atoms with Crippen LogP contribution in [0.2, 0.25) is 0 Å². The Bertz CT molecular complexity index is 310. The van der Waals surface area contributed by atoms with Crippen LogP contribution >= 0.6 is 11.8 Å². The lowest BCUT2D eigenvalue weighted by Crippen LogP contribution is -2.49. The summed E-state index contributed by atoms with van der Waals surface area (Å²) in [6.07, 6.45) is 1.58. The number of carbonyl (C=O) groups excluding carboxylic acids is 2. The molecule has 0 aliphatic carbocycles. The van der Waals surface area contributed by atoms with Crippen LogP contribution in [0, 0.1) is 5.92 Å². The largest absolute Gasteiger partial charge is 0.356 e. The summed E-state index contributed by atoms with van der Waals surface area (Å²) in [7, 11) is 0. The predicted octanol–water partition coefficient (Wildman–Crippen LogP) is 0.0236. The van der Waals surface area contributed by atoms with E-state index < -0.39 is 0 Å². The molecule has 2 heterocycles. The fraction of sp³-hybridized carbons (Fsp3) is 0.833. The first kappa shape index (κ1) is 13.7. The fourth-order valence-corrected chi connectivity index (χ4v) is 3.39. The van der Waals surface area contributed by atoms with Gasteiger partial charge >= 0.3 is 0 Å². The van der Waals surface area contributed by atoms with Gasteiger partial charge in [0.25, 0.3) is 0 Å². The maximum absolute atomic E-state index is 12.2. The minimum atomic E-state index is -0.0176. The minimum Gasteiger partial charge on any atom is -0.356 e. The summed E-state index contributed by atoms with van der Waals surface area (Å²) in [5.41, 5.74) is 0. The van der Waals surface area contributed by atoms with Crippen molar-refractivity contribution in [1.29, 1.82) is 0 Å². The second-order valence-corrected chi connectivity index (χ2v) is 5.80. The van der Waals surface area contributed by atoms with Crippen LogP contribution in [0.5, 0.6) is 0 Å². The Morgan fingerprint density at radius 1 is 1.39 bits per heavy atom. The van der Waals surface area contributed by atoms with Crippen molar-refractivity contribution < 1.29 is 9.59 Å². The van der Waals surface area contributed by atoms with Gasteiger partial charge in [-0.15, -0.1) is 11.8 Å². The molecule has 0 saturated carbocycles. The normalized spacial score (nSPS) is 25.2. The lowest BCUT2D eigenvalue weighted by Gasteiger charge is -2.32. The molecular formula is C12H21N3O2S. The number of carbonyl (C=O) groups is 2. The quantitative estimate of drug-likeness (QED) is 0.760. The van der Waals surface area contributed by atoms with Gasteiger partial charge < -0.3 is 10.2 Å². The first-order valence-electron chi connectivity index (χ1n) is 6.60. The van der Waals surface area contributed by atoms with Crippen LogP contribution in [0.25, 0.3) is 0 Å². The van der Waals surface area contributed by atoms with E-state index in [-0.39, 0.29) is 23.8 Å². The number of piperidine rings is 1. The van der Waals surface area contributed by atoms with Crippen LogP contribution in [0.15, 0.2) is 0 Å². The highest BCUT2D eigenvalue weighted by Crippen LogP contribution is 2.20. The monoisotopic (exact) mass is 271 g/mol. The third kappa shape index (κ3) is 3.17. The van der Waals surface area contributed by atoms with Gasteiger partial charge in [-0.1, -0.05) is 0 Å². The van der Waals surface area contributed by atoms with Gasteiger partial charge in [0.05, 0.1) is 6.04 Å². The molecule has 0 bridgehead atoms. The molecule has 102 valence electrons. The maximum Gasteiger partial charge on any atom is 0.240 e. The van der Waals surface area contributed by atoms with Gasteiger partial charge in [0, 0.05) is 37.2 Å². The Morgan fingerprint density at radius 3 is 2.67 bits per heavy atom. The maximum atomic E-state index is 12.2. The van der Waals surface area contributed by atoms with Crippen LogP contribution in [0.1, 0.15) is 19.8 Å². The molecule has 1 atom stereocenters. The van der Waals surface area contributed by atoms with Crippen LogP contribution in [0.3, 0.4) is 0 Å². The Balaban J connectivity index is 1.79. The van der Waals surface area contributed by atoms with E-state index in [1.807, 2.05) is 11.8 Å². The van der Waals surface area contributed by atoms with Gasteiger partial charge in [0.15, 0.2) is 0 Å². The van der Waals surface area contributed by atoms with Gasteiger partial charge in [-0.3, -0.25) is 14.9 Å². The number of hydrogen-bond donors (Lipinski definition) is 2. The molecule has 0 spiro atoms. The summed E-state index contributed by atoms with van der Waals surface area (Å²) >= 11 is 1.76. The zero-order chi connectivity index (χ0) is 13.0. The number of rotatable bonds is 3. The first-order valence-corrected chi connectivity index (χ1v) is 7.75. The van der Waals surface area contributed by atoms with Gasteiger partial charge in [-0.05, 0) is 19.8 Å². The molecule has 2 N–H and O–H groups in total. The molecule has 2 aliphatic rings. The number of likely N-dealkylation sites (tertiary alicyclic amines) is 1.